The molecule has 0 aliphatic carbocycles. The molecule has 6 aromatic rings. The summed E-state index contributed by atoms with van der Waals surface area (Å²) in [5.41, 5.74) is 3.45. The summed E-state index contributed by atoms with van der Waals surface area (Å²) in [6, 6.07) is 31.9. The smallest absolute Gasteiger partial charge is 0.365 e. The number of benzene rings is 4. The van der Waals surface area contributed by atoms with E-state index >= 15 is 0 Å². The van der Waals surface area contributed by atoms with Gasteiger partial charge in [0.25, 0.3) is 0 Å². The second-order valence-electron chi connectivity index (χ2n) is 9.06. The van der Waals surface area contributed by atoms with Gasteiger partial charge in [-0.05, 0) is 78.7 Å². The summed E-state index contributed by atoms with van der Waals surface area (Å²) in [6.07, 6.45) is 1.82. The van der Waals surface area contributed by atoms with E-state index in [0.29, 0.717) is 29.8 Å². The fourth-order valence-corrected chi connectivity index (χ4v) is 4.90. The first-order valence-corrected chi connectivity index (χ1v) is 13.9. The normalized spacial score (nSPS) is 10.9. The van der Waals surface area contributed by atoms with Gasteiger partial charge in [-0.25, -0.2) is 4.79 Å². The number of fused-ring (bicyclic) bond motifs is 1. The molecule has 0 amide bonds. The molecule has 0 spiro atoms. The van der Waals surface area contributed by atoms with Gasteiger partial charge in [0.2, 0.25) is 0 Å². The monoisotopic (exact) mass is 563 g/mol. The predicted molar refractivity (Wildman–Crippen MR) is 156 cm³/mol. The van der Waals surface area contributed by atoms with Gasteiger partial charge >= 0.3 is 5.97 Å². The summed E-state index contributed by atoms with van der Waals surface area (Å²) in [6.45, 7) is 1.29. The van der Waals surface area contributed by atoms with Crippen LogP contribution in [0.2, 0.25) is 0 Å². The van der Waals surface area contributed by atoms with Gasteiger partial charge in [-0.15, -0.1) is 15.3 Å². The molecule has 6 rings (SSSR count). The van der Waals surface area contributed by atoms with E-state index in [1.807, 2.05) is 78.9 Å². The van der Waals surface area contributed by atoms with E-state index in [4.69, 9.17) is 14.3 Å². The number of hydrogen-bond acceptors (Lipinski definition) is 9. The number of nitrogens with zero attached hydrogens (tertiary/aromatic N) is 5. The maximum atomic E-state index is 12.6. The number of unbranched alkanes of at least 4 members (excludes halogenated alkanes) is 1. The van der Waals surface area contributed by atoms with Gasteiger partial charge in [0, 0.05) is 11.1 Å². The van der Waals surface area contributed by atoms with Gasteiger partial charge in [-0.2, -0.15) is 0 Å². The van der Waals surface area contributed by atoms with Crippen LogP contribution in [-0.4, -0.2) is 44.5 Å². The Morgan fingerprint density at radius 2 is 1.24 bits per heavy atom. The minimum absolute atomic E-state index is 0.386. The van der Waals surface area contributed by atoms with Crippen molar-refractivity contribution in [3.05, 3.63) is 109 Å². The highest BCUT2D eigenvalue weighted by atomic mass is 32.1. The first-order valence-electron chi connectivity index (χ1n) is 13.1. The van der Waals surface area contributed by atoms with Crippen molar-refractivity contribution < 1.29 is 19.1 Å². The van der Waals surface area contributed by atoms with Crippen LogP contribution in [0.15, 0.2) is 103 Å². The lowest BCUT2D eigenvalue weighted by atomic mass is 10.1. The lowest BCUT2D eigenvalue weighted by molar-refractivity contribution is 0.0409. The Morgan fingerprint density at radius 1 is 0.659 bits per heavy atom. The van der Waals surface area contributed by atoms with Crippen molar-refractivity contribution in [3.8, 4) is 32.6 Å². The molecule has 0 bridgehead atoms. The van der Waals surface area contributed by atoms with Crippen molar-refractivity contribution in [2.75, 3.05) is 13.2 Å². The van der Waals surface area contributed by atoms with Crippen LogP contribution >= 0.6 is 11.3 Å². The zero-order valence-electron chi connectivity index (χ0n) is 21.9. The van der Waals surface area contributed by atoms with E-state index in [1.165, 1.54) is 11.3 Å². The summed E-state index contributed by atoms with van der Waals surface area (Å²) in [5.74, 6) is 1.16. The van der Waals surface area contributed by atoms with E-state index in [9.17, 15) is 4.79 Å². The third-order valence-electron chi connectivity index (χ3n) is 6.20. The molecule has 0 aliphatic rings. The molecule has 0 unspecified atom stereocenters. The minimum atomic E-state index is -0.534. The van der Waals surface area contributed by atoms with Crippen LogP contribution in [0.4, 0.5) is 0 Å². The maximum Gasteiger partial charge on any atom is 0.365 e. The zero-order chi connectivity index (χ0) is 27.9. The lowest BCUT2D eigenvalue weighted by Gasteiger charge is -2.08. The van der Waals surface area contributed by atoms with Crippen molar-refractivity contribution in [1.29, 1.82) is 0 Å². The molecule has 10 heteroatoms. The van der Waals surface area contributed by atoms with E-state index in [1.54, 1.807) is 24.3 Å². The van der Waals surface area contributed by atoms with Crippen LogP contribution in [0.25, 0.3) is 32.2 Å². The molecule has 9 nitrogen and oxygen atoms in total. The Kier molecular flexibility index (Phi) is 7.90. The average Bonchev–Trinajstić information content (AvgIpc) is 3.68. The largest absolute Gasteiger partial charge is 0.494 e. The fraction of sp³-hybridized carbons (Fsp3) is 0.129. The third-order valence-corrected chi connectivity index (χ3v) is 7.23. The summed E-state index contributed by atoms with van der Waals surface area (Å²) < 4.78 is 11.6. The Hall–Kier alpha value is -5.09. The Bertz CT molecular complexity index is 1730. The Morgan fingerprint density at radius 3 is 1.93 bits per heavy atom. The van der Waals surface area contributed by atoms with Gasteiger partial charge in [-0.3, -0.25) is 0 Å². The number of ether oxygens (including phenoxy) is 2. The minimum Gasteiger partial charge on any atom is -0.494 e. The van der Waals surface area contributed by atoms with E-state index in [-0.39, 0.29) is 0 Å². The molecule has 0 saturated heterocycles. The zero-order valence-corrected chi connectivity index (χ0v) is 22.7. The van der Waals surface area contributed by atoms with Crippen LogP contribution in [0.1, 0.15) is 23.2 Å². The van der Waals surface area contributed by atoms with Crippen molar-refractivity contribution in [2.24, 2.45) is 0 Å². The first kappa shape index (κ1) is 26.1. The molecule has 0 fully saturated rings. The molecule has 0 atom stereocenters. The van der Waals surface area contributed by atoms with Crippen LogP contribution < -0.4 is 14.3 Å². The average molecular weight is 564 g/mol. The molecule has 4 aromatic carbocycles. The van der Waals surface area contributed by atoms with Gasteiger partial charge in [0.15, 0.2) is 0 Å². The molecule has 41 heavy (non-hydrogen) atoms. The van der Waals surface area contributed by atoms with Crippen LogP contribution in [0.3, 0.4) is 0 Å². The highest BCUT2D eigenvalue weighted by Crippen LogP contribution is 2.31. The molecule has 0 N–H and O–H groups in total. The predicted octanol–water partition coefficient (Wildman–Crippen LogP) is 6.12. The molecule has 2 aromatic heterocycles. The fourth-order valence-electron chi connectivity index (χ4n) is 4.05. The van der Waals surface area contributed by atoms with Crippen LogP contribution in [-0.2, 0) is 0 Å². The number of para-hydroxylation sites is 2. The van der Waals surface area contributed by atoms with Crippen molar-refractivity contribution >= 4 is 28.3 Å². The molecule has 0 radical (unpaired) electrons. The van der Waals surface area contributed by atoms with E-state index < -0.39 is 5.97 Å². The van der Waals surface area contributed by atoms with Crippen LogP contribution in [0.5, 0.6) is 11.5 Å². The van der Waals surface area contributed by atoms with Crippen LogP contribution in [0, 0.1) is 0 Å². The molecular formula is C31H25N5O4S. The van der Waals surface area contributed by atoms with Crippen molar-refractivity contribution in [3.63, 3.8) is 0 Å². The second kappa shape index (κ2) is 12.4. The van der Waals surface area contributed by atoms with Crippen molar-refractivity contribution in [2.45, 2.75) is 12.8 Å². The quantitative estimate of drug-likeness (QED) is 0.137. The van der Waals surface area contributed by atoms with Gasteiger partial charge < -0.3 is 14.3 Å². The molecule has 2 heterocycles. The maximum absolute atomic E-state index is 12.6. The van der Waals surface area contributed by atoms with Gasteiger partial charge in [0.1, 0.15) is 32.5 Å². The number of hydrogen-bond donors (Lipinski definition) is 0. The Labute approximate surface area is 239 Å². The number of carbonyl (C=O) groups excluding carboxylic acids is 1. The van der Waals surface area contributed by atoms with Gasteiger partial charge in [0.05, 0.1) is 18.8 Å². The molecule has 204 valence electrons. The summed E-state index contributed by atoms with van der Waals surface area (Å²) in [7, 11) is 0. The first-order chi connectivity index (χ1) is 20.2. The summed E-state index contributed by atoms with van der Waals surface area (Å²) in [5, 5.41) is 18.1. The number of carbonyl (C=O) groups is 1. The Balaban J connectivity index is 1.00. The van der Waals surface area contributed by atoms with E-state index in [2.05, 4.69) is 20.5 Å². The number of rotatable bonds is 11. The topological polar surface area (TPSA) is 101 Å². The summed E-state index contributed by atoms with van der Waals surface area (Å²) in [4.78, 5) is 19.2. The second-order valence-corrected chi connectivity index (χ2v) is 10.0. The molecular weight excluding hydrogens is 538 g/mol. The third kappa shape index (κ3) is 6.39. The highest BCUT2D eigenvalue weighted by molar-refractivity contribution is 7.17. The standard InChI is InChI=1S/C31H25N5O4S/c37-31(40-36-28-11-5-4-10-27(28)32-35-36)24-14-12-22(13-15-24)29-33-34-30(41-29)23-16-18-26(19-17-23)39-21-7-6-20-38-25-8-2-1-3-9-25/h1-5,8-19H,6-7,20-21H2. The number of aromatic nitrogens is 5. The molecule has 0 saturated carbocycles. The van der Waals surface area contributed by atoms with E-state index in [0.717, 1.165) is 50.3 Å². The SMILES string of the molecule is O=C(On1nnc2ccccc21)c1ccc(-c2nnc(-c3ccc(OCCCCOc4ccccc4)cc3)s2)cc1. The van der Waals surface area contributed by atoms with Gasteiger partial charge in [-0.1, -0.05) is 58.6 Å². The highest BCUT2D eigenvalue weighted by Gasteiger charge is 2.14. The lowest BCUT2D eigenvalue weighted by Crippen LogP contribution is -2.20. The summed E-state index contributed by atoms with van der Waals surface area (Å²) >= 11 is 1.47. The van der Waals surface area contributed by atoms with Crippen molar-refractivity contribution in [1.82, 2.24) is 25.4 Å². The molecule has 0 aliphatic heterocycles.